The number of nitrogens with one attached hydrogen (secondary N) is 1. The molecule has 1 aliphatic heterocycles. The molecule has 3 atom stereocenters. The van der Waals surface area contributed by atoms with Crippen LogP contribution in [0.4, 0.5) is 0 Å². The van der Waals surface area contributed by atoms with Crippen LogP contribution in [-0.2, 0) is 4.79 Å². The van der Waals surface area contributed by atoms with Gasteiger partial charge in [0.05, 0.1) is 0 Å². The normalized spacial score (nSPS) is 48.2. The van der Waals surface area contributed by atoms with Crippen molar-refractivity contribution in [2.24, 2.45) is 0 Å². The summed E-state index contributed by atoms with van der Waals surface area (Å²) in [6, 6.07) is -0.359. The molecule has 0 saturated carbocycles. The molecular formula is C6H11NO3. The molecule has 0 aromatic carbocycles. The van der Waals surface area contributed by atoms with E-state index in [-0.39, 0.29) is 6.04 Å². The van der Waals surface area contributed by atoms with Gasteiger partial charge < -0.3 is 10.2 Å². The Kier molecular flexibility index (Phi) is 1.54. The summed E-state index contributed by atoms with van der Waals surface area (Å²) in [6.07, 6.45) is -1.07. The molecule has 4 nitrogen and oxygen atoms in total. The van der Waals surface area contributed by atoms with E-state index in [2.05, 4.69) is 5.32 Å². The van der Waals surface area contributed by atoms with Crippen LogP contribution in [0.2, 0.25) is 0 Å². The Morgan fingerprint density at radius 3 is 2.30 bits per heavy atom. The summed E-state index contributed by atoms with van der Waals surface area (Å²) >= 11 is 0. The number of aliphatic hydroxyl groups excluding tert-OH is 1. The second-order valence-corrected chi connectivity index (χ2v) is 2.81. The minimum absolute atomic E-state index is 0.359. The lowest BCUT2D eigenvalue weighted by Crippen LogP contribution is -2.43. The van der Waals surface area contributed by atoms with E-state index in [0.29, 0.717) is 0 Å². The molecule has 0 aromatic rings. The van der Waals surface area contributed by atoms with Crippen LogP contribution in [0.1, 0.15) is 13.8 Å². The van der Waals surface area contributed by atoms with Gasteiger partial charge in [-0.3, -0.25) is 10.1 Å². The molecule has 0 radical (unpaired) electrons. The van der Waals surface area contributed by atoms with Crippen LogP contribution in [0.25, 0.3) is 0 Å². The molecule has 4 heteroatoms. The minimum Gasteiger partial charge on any atom is -0.383 e. The third kappa shape index (κ3) is 0.941. The van der Waals surface area contributed by atoms with Crippen molar-refractivity contribution in [1.29, 1.82) is 0 Å². The first kappa shape index (κ1) is 7.65. The van der Waals surface area contributed by atoms with Crippen LogP contribution in [0.5, 0.6) is 0 Å². The van der Waals surface area contributed by atoms with Gasteiger partial charge in [0, 0.05) is 6.04 Å². The Labute approximate surface area is 58.9 Å². The van der Waals surface area contributed by atoms with Crippen molar-refractivity contribution in [3.63, 3.8) is 0 Å². The highest BCUT2D eigenvalue weighted by molar-refractivity contribution is 5.92. The fourth-order valence-corrected chi connectivity index (χ4v) is 1.11. The number of ketones is 1. The molecule has 1 rings (SSSR count). The summed E-state index contributed by atoms with van der Waals surface area (Å²) in [6.45, 7) is 2.98. The minimum atomic E-state index is -1.54. The van der Waals surface area contributed by atoms with E-state index in [1.165, 1.54) is 6.92 Å². The molecule has 0 bridgehead atoms. The number of rotatable bonds is 0. The largest absolute Gasteiger partial charge is 0.383 e. The van der Waals surface area contributed by atoms with Crippen LogP contribution < -0.4 is 5.32 Å². The van der Waals surface area contributed by atoms with Gasteiger partial charge in [0.25, 0.3) is 0 Å². The van der Waals surface area contributed by atoms with Crippen LogP contribution >= 0.6 is 0 Å². The first-order chi connectivity index (χ1) is 4.45. The second kappa shape index (κ2) is 2.02. The predicted octanol–water partition coefficient (Wildman–Crippen LogP) is -1.38. The Balaban J connectivity index is 2.82. The molecule has 3 unspecified atom stereocenters. The topological polar surface area (TPSA) is 69.6 Å². The summed E-state index contributed by atoms with van der Waals surface area (Å²) in [7, 11) is 0. The van der Waals surface area contributed by atoms with Crippen LogP contribution in [0.15, 0.2) is 0 Å². The van der Waals surface area contributed by atoms with Gasteiger partial charge in [0.15, 0.2) is 5.72 Å². The van der Waals surface area contributed by atoms with E-state index in [9.17, 15) is 9.90 Å². The van der Waals surface area contributed by atoms with Gasteiger partial charge >= 0.3 is 0 Å². The average molecular weight is 145 g/mol. The lowest BCUT2D eigenvalue weighted by Gasteiger charge is -2.13. The van der Waals surface area contributed by atoms with Crippen molar-refractivity contribution in [3.8, 4) is 0 Å². The van der Waals surface area contributed by atoms with E-state index in [4.69, 9.17) is 5.11 Å². The lowest BCUT2D eigenvalue weighted by molar-refractivity contribution is -0.139. The fourth-order valence-electron chi connectivity index (χ4n) is 1.11. The number of Topliss-reactive ketones (excluding diaryl/α,β-unsaturated/α-hetero) is 1. The zero-order chi connectivity index (χ0) is 7.94. The van der Waals surface area contributed by atoms with Crippen molar-refractivity contribution >= 4 is 5.78 Å². The summed E-state index contributed by atoms with van der Waals surface area (Å²) in [4.78, 5) is 10.9. The third-order valence-corrected chi connectivity index (χ3v) is 1.73. The lowest BCUT2D eigenvalue weighted by atomic mass is 10.1. The molecule has 0 spiro atoms. The molecule has 0 aliphatic carbocycles. The van der Waals surface area contributed by atoms with E-state index >= 15 is 0 Å². The van der Waals surface area contributed by atoms with E-state index < -0.39 is 17.6 Å². The van der Waals surface area contributed by atoms with Crippen LogP contribution in [-0.4, -0.2) is 33.9 Å². The predicted molar refractivity (Wildman–Crippen MR) is 34.2 cm³/mol. The molecule has 1 aliphatic rings. The number of carbonyl (C=O) groups excluding carboxylic acids is 1. The van der Waals surface area contributed by atoms with Gasteiger partial charge in [-0.25, -0.2) is 0 Å². The maximum absolute atomic E-state index is 10.9. The highest BCUT2D eigenvalue weighted by atomic mass is 16.3. The quantitative estimate of drug-likeness (QED) is 0.393. The Morgan fingerprint density at radius 2 is 2.20 bits per heavy atom. The van der Waals surface area contributed by atoms with Gasteiger partial charge in [-0.2, -0.15) is 0 Å². The van der Waals surface area contributed by atoms with E-state index in [0.717, 1.165) is 0 Å². The van der Waals surface area contributed by atoms with Crippen molar-refractivity contribution in [2.45, 2.75) is 31.7 Å². The van der Waals surface area contributed by atoms with E-state index in [1.807, 2.05) is 0 Å². The molecule has 10 heavy (non-hydrogen) atoms. The van der Waals surface area contributed by atoms with Gasteiger partial charge in [-0.05, 0) is 13.8 Å². The van der Waals surface area contributed by atoms with Crippen LogP contribution in [0, 0.1) is 0 Å². The number of hydrogen-bond donors (Lipinski definition) is 3. The maximum Gasteiger partial charge on any atom is 0.208 e. The number of carbonyl (C=O) groups is 1. The third-order valence-electron chi connectivity index (χ3n) is 1.73. The highest BCUT2D eigenvalue weighted by Crippen LogP contribution is 2.16. The van der Waals surface area contributed by atoms with Gasteiger partial charge in [-0.1, -0.05) is 0 Å². The zero-order valence-corrected chi connectivity index (χ0v) is 5.96. The maximum atomic E-state index is 10.9. The summed E-state index contributed by atoms with van der Waals surface area (Å²) in [5, 5.41) is 20.8. The average Bonchev–Trinajstić information content (AvgIpc) is 1.95. The molecule has 1 saturated heterocycles. The summed E-state index contributed by atoms with van der Waals surface area (Å²) in [5.41, 5.74) is -1.54. The Morgan fingerprint density at radius 1 is 1.70 bits per heavy atom. The van der Waals surface area contributed by atoms with Gasteiger partial charge in [-0.15, -0.1) is 0 Å². The van der Waals surface area contributed by atoms with Crippen molar-refractivity contribution in [2.75, 3.05) is 0 Å². The molecule has 0 amide bonds. The summed E-state index contributed by atoms with van der Waals surface area (Å²) in [5.74, 6) is -0.556. The van der Waals surface area contributed by atoms with Gasteiger partial charge in [0.1, 0.15) is 6.10 Å². The van der Waals surface area contributed by atoms with E-state index in [1.54, 1.807) is 6.92 Å². The molecule has 0 aromatic heterocycles. The number of aliphatic hydroxyl groups is 2. The highest BCUT2D eigenvalue weighted by Gasteiger charge is 2.45. The standard InChI is InChI=1S/C6H11NO3/c1-3-4(8)5(9)6(2,10)7-3/h3-4,7-8,10H,1-2H3. The van der Waals surface area contributed by atoms with Crippen molar-refractivity contribution in [1.82, 2.24) is 5.32 Å². The molecule has 1 fully saturated rings. The smallest absolute Gasteiger partial charge is 0.208 e. The Hall–Kier alpha value is -0.450. The SMILES string of the molecule is CC1NC(C)(O)C(=O)C1O. The fraction of sp³-hybridized carbons (Fsp3) is 0.833. The Bertz CT molecular complexity index is 166. The number of hydrogen-bond acceptors (Lipinski definition) is 4. The summed E-state index contributed by atoms with van der Waals surface area (Å²) < 4.78 is 0. The molecular weight excluding hydrogens is 134 g/mol. The zero-order valence-electron chi connectivity index (χ0n) is 5.96. The van der Waals surface area contributed by atoms with Crippen LogP contribution in [0.3, 0.4) is 0 Å². The second-order valence-electron chi connectivity index (χ2n) is 2.81. The van der Waals surface area contributed by atoms with Gasteiger partial charge in [0.2, 0.25) is 5.78 Å². The molecule has 58 valence electrons. The molecule has 1 heterocycles. The monoisotopic (exact) mass is 145 g/mol. The first-order valence-corrected chi connectivity index (χ1v) is 3.17. The van der Waals surface area contributed by atoms with Crippen molar-refractivity contribution in [3.05, 3.63) is 0 Å². The molecule has 3 N–H and O–H groups in total. The first-order valence-electron chi connectivity index (χ1n) is 3.17. The van der Waals surface area contributed by atoms with Crippen molar-refractivity contribution < 1.29 is 15.0 Å².